The third-order valence-corrected chi connectivity index (χ3v) is 3.16. The molecule has 0 atom stereocenters. The standard InChI is InChI=1S/C14H11F2NO/c15-10-4-6-12(18)14(16)13(10)11-5-3-9(7-17-11)8-1-2-8/h3-8,18H,1-2H2. The minimum Gasteiger partial charge on any atom is -0.505 e. The number of rotatable bonds is 2. The molecule has 0 saturated heterocycles. The normalized spacial score (nSPS) is 14.8. The highest BCUT2D eigenvalue weighted by Crippen LogP contribution is 2.40. The lowest BCUT2D eigenvalue weighted by atomic mass is 10.1. The number of aromatic nitrogens is 1. The molecule has 0 bridgehead atoms. The highest BCUT2D eigenvalue weighted by molar-refractivity contribution is 5.63. The second-order valence-corrected chi connectivity index (χ2v) is 4.51. The maximum absolute atomic E-state index is 13.7. The van der Waals surface area contributed by atoms with Gasteiger partial charge in [-0.2, -0.15) is 0 Å². The SMILES string of the molecule is Oc1ccc(F)c(-c2ccc(C3CC3)cn2)c1F. The van der Waals surface area contributed by atoms with Crippen LogP contribution in [0.15, 0.2) is 30.5 Å². The summed E-state index contributed by atoms with van der Waals surface area (Å²) in [5.41, 5.74) is 1.02. The van der Waals surface area contributed by atoms with Gasteiger partial charge in [0.1, 0.15) is 5.82 Å². The lowest BCUT2D eigenvalue weighted by Gasteiger charge is -2.06. The van der Waals surface area contributed by atoms with Crippen LogP contribution in [0.4, 0.5) is 8.78 Å². The van der Waals surface area contributed by atoms with Gasteiger partial charge in [-0.1, -0.05) is 6.07 Å². The fourth-order valence-corrected chi connectivity index (χ4v) is 1.99. The quantitative estimate of drug-likeness (QED) is 0.879. The summed E-state index contributed by atoms with van der Waals surface area (Å²) in [6.45, 7) is 0. The van der Waals surface area contributed by atoms with Crippen LogP contribution < -0.4 is 0 Å². The predicted molar refractivity (Wildman–Crippen MR) is 63.2 cm³/mol. The van der Waals surface area contributed by atoms with Gasteiger partial charge in [-0.3, -0.25) is 4.98 Å². The first-order valence-corrected chi connectivity index (χ1v) is 5.80. The summed E-state index contributed by atoms with van der Waals surface area (Å²) in [4.78, 5) is 4.08. The van der Waals surface area contributed by atoms with Crippen LogP contribution in [0, 0.1) is 11.6 Å². The first-order chi connectivity index (χ1) is 8.66. The van der Waals surface area contributed by atoms with Gasteiger partial charge in [0.2, 0.25) is 0 Å². The zero-order chi connectivity index (χ0) is 12.7. The number of halogens is 2. The van der Waals surface area contributed by atoms with E-state index in [0.29, 0.717) is 5.92 Å². The second kappa shape index (κ2) is 4.05. The average Bonchev–Trinajstić information content (AvgIpc) is 3.20. The van der Waals surface area contributed by atoms with E-state index in [0.717, 1.165) is 30.5 Å². The Morgan fingerprint density at radius 3 is 2.50 bits per heavy atom. The molecule has 1 N–H and O–H groups in total. The molecule has 0 unspecified atom stereocenters. The summed E-state index contributed by atoms with van der Waals surface area (Å²) in [6.07, 6.45) is 3.95. The van der Waals surface area contributed by atoms with Crippen molar-refractivity contribution in [2.75, 3.05) is 0 Å². The van der Waals surface area contributed by atoms with Crippen molar-refractivity contribution in [3.8, 4) is 17.0 Å². The summed E-state index contributed by atoms with van der Waals surface area (Å²) in [7, 11) is 0. The van der Waals surface area contributed by atoms with Gasteiger partial charge in [0.05, 0.1) is 11.3 Å². The molecule has 3 rings (SSSR count). The van der Waals surface area contributed by atoms with Gasteiger partial charge in [-0.05, 0) is 42.5 Å². The molecule has 1 aliphatic rings. The van der Waals surface area contributed by atoms with Crippen LogP contribution in [-0.4, -0.2) is 10.1 Å². The van der Waals surface area contributed by atoms with Gasteiger partial charge in [0.15, 0.2) is 11.6 Å². The Balaban J connectivity index is 2.06. The fraction of sp³-hybridized carbons (Fsp3) is 0.214. The van der Waals surface area contributed by atoms with E-state index in [1.807, 2.05) is 6.07 Å². The lowest BCUT2D eigenvalue weighted by Crippen LogP contribution is -1.94. The third-order valence-electron chi connectivity index (χ3n) is 3.16. The maximum atomic E-state index is 13.7. The molecule has 2 aromatic rings. The molecule has 0 radical (unpaired) electrons. The monoisotopic (exact) mass is 247 g/mol. The van der Waals surface area contributed by atoms with Crippen molar-refractivity contribution in [3.63, 3.8) is 0 Å². The molecule has 1 heterocycles. The molecule has 1 fully saturated rings. The summed E-state index contributed by atoms with van der Waals surface area (Å²) in [5.74, 6) is -1.72. The number of phenolic OH excluding ortho intramolecular Hbond substituents is 1. The van der Waals surface area contributed by atoms with Crippen LogP contribution in [0.25, 0.3) is 11.3 Å². The molecule has 18 heavy (non-hydrogen) atoms. The lowest BCUT2D eigenvalue weighted by molar-refractivity contribution is 0.429. The van der Waals surface area contributed by atoms with Crippen molar-refractivity contribution < 1.29 is 13.9 Å². The van der Waals surface area contributed by atoms with Crippen LogP contribution in [0.3, 0.4) is 0 Å². The van der Waals surface area contributed by atoms with Gasteiger partial charge >= 0.3 is 0 Å². The number of nitrogens with zero attached hydrogens (tertiary/aromatic N) is 1. The number of phenols is 1. The van der Waals surface area contributed by atoms with Crippen LogP contribution in [0.1, 0.15) is 24.3 Å². The Labute approximate surface area is 103 Å². The Morgan fingerprint density at radius 2 is 1.89 bits per heavy atom. The van der Waals surface area contributed by atoms with Gasteiger partial charge in [0.25, 0.3) is 0 Å². The Kier molecular flexibility index (Phi) is 2.51. The van der Waals surface area contributed by atoms with Crippen molar-refractivity contribution >= 4 is 0 Å². The zero-order valence-corrected chi connectivity index (χ0v) is 9.53. The van der Waals surface area contributed by atoms with E-state index in [4.69, 9.17) is 0 Å². The minimum absolute atomic E-state index is 0.199. The third kappa shape index (κ3) is 1.83. The molecule has 1 aliphatic carbocycles. The number of benzene rings is 1. The van der Waals surface area contributed by atoms with Gasteiger partial charge < -0.3 is 5.11 Å². The second-order valence-electron chi connectivity index (χ2n) is 4.51. The van der Waals surface area contributed by atoms with E-state index in [9.17, 15) is 13.9 Å². The van der Waals surface area contributed by atoms with Crippen LogP contribution in [0.5, 0.6) is 5.75 Å². The van der Waals surface area contributed by atoms with E-state index in [1.54, 1.807) is 12.3 Å². The molecular formula is C14H11F2NO. The number of pyridine rings is 1. The maximum Gasteiger partial charge on any atom is 0.177 e. The average molecular weight is 247 g/mol. The molecule has 0 amide bonds. The number of hydrogen-bond donors (Lipinski definition) is 1. The smallest absolute Gasteiger partial charge is 0.177 e. The topological polar surface area (TPSA) is 33.1 Å². The highest BCUT2D eigenvalue weighted by atomic mass is 19.1. The molecule has 1 saturated carbocycles. The van der Waals surface area contributed by atoms with Crippen molar-refractivity contribution in [1.29, 1.82) is 0 Å². The molecule has 0 spiro atoms. The van der Waals surface area contributed by atoms with Crippen LogP contribution in [0.2, 0.25) is 0 Å². The molecule has 92 valence electrons. The van der Waals surface area contributed by atoms with Crippen LogP contribution in [-0.2, 0) is 0 Å². The van der Waals surface area contributed by atoms with E-state index < -0.39 is 17.4 Å². The molecule has 1 aromatic heterocycles. The first kappa shape index (κ1) is 11.1. The van der Waals surface area contributed by atoms with Crippen molar-refractivity contribution in [2.45, 2.75) is 18.8 Å². The Bertz CT molecular complexity index is 591. The molecular weight excluding hydrogens is 236 g/mol. The largest absolute Gasteiger partial charge is 0.505 e. The van der Waals surface area contributed by atoms with Crippen LogP contribution >= 0.6 is 0 Å². The number of aromatic hydroxyl groups is 1. The zero-order valence-electron chi connectivity index (χ0n) is 9.53. The van der Waals surface area contributed by atoms with E-state index >= 15 is 0 Å². The number of hydrogen-bond acceptors (Lipinski definition) is 2. The molecule has 0 aliphatic heterocycles. The first-order valence-electron chi connectivity index (χ1n) is 5.80. The van der Waals surface area contributed by atoms with E-state index in [1.165, 1.54) is 0 Å². The summed E-state index contributed by atoms with van der Waals surface area (Å²) >= 11 is 0. The van der Waals surface area contributed by atoms with Crippen molar-refractivity contribution in [1.82, 2.24) is 4.98 Å². The van der Waals surface area contributed by atoms with Crippen molar-refractivity contribution in [2.24, 2.45) is 0 Å². The molecule has 1 aromatic carbocycles. The summed E-state index contributed by atoms with van der Waals surface area (Å²) in [5, 5.41) is 9.27. The summed E-state index contributed by atoms with van der Waals surface area (Å²) < 4.78 is 27.3. The molecule has 2 nitrogen and oxygen atoms in total. The highest BCUT2D eigenvalue weighted by Gasteiger charge is 2.24. The Hall–Kier alpha value is -1.97. The van der Waals surface area contributed by atoms with Gasteiger partial charge in [-0.25, -0.2) is 8.78 Å². The Morgan fingerprint density at radius 1 is 1.11 bits per heavy atom. The van der Waals surface area contributed by atoms with Gasteiger partial charge in [0, 0.05) is 6.20 Å². The predicted octanol–water partition coefficient (Wildman–Crippen LogP) is 3.61. The summed E-state index contributed by atoms with van der Waals surface area (Å²) in [6, 6.07) is 5.45. The van der Waals surface area contributed by atoms with E-state index in [2.05, 4.69) is 4.98 Å². The minimum atomic E-state index is -0.971. The molecule has 4 heteroatoms. The van der Waals surface area contributed by atoms with E-state index in [-0.39, 0.29) is 11.3 Å². The van der Waals surface area contributed by atoms with Crippen molar-refractivity contribution in [3.05, 3.63) is 47.7 Å². The van der Waals surface area contributed by atoms with Gasteiger partial charge in [-0.15, -0.1) is 0 Å². The fourth-order valence-electron chi connectivity index (χ4n) is 1.99.